The van der Waals surface area contributed by atoms with Crippen LogP contribution >= 0.6 is 12.6 Å². The van der Waals surface area contributed by atoms with Gasteiger partial charge in [0.25, 0.3) is 11.4 Å². The van der Waals surface area contributed by atoms with Crippen molar-refractivity contribution in [3.05, 3.63) is 38.4 Å². The minimum absolute atomic E-state index is 0.105. The molecule has 2 rings (SSSR count). The topological polar surface area (TPSA) is 168 Å². The van der Waals surface area contributed by atoms with Gasteiger partial charge in [-0.25, -0.2) is 0 Å². The molecule has 12 heteroatoms. The Bertz CT molecular complexity index is 645. The molecular weight excluding hydrogens is 346 g/mol. The highest BCUT2D eigenvalue weighted by atomic mass is 32.1. The number of non-ortho nitro benzene ring substituents is 1. The Hall–Kier alpha value is -1.99. The molecule has 11 nitrogen and oxygen atoms in total. The fourth-order valence-corrected chi connectivity index (χ4v) is 2.75. The van der Waals surface area contributed by atoms with Gasteiger partial charge in [-0.05, 0) is 6.07 Å². The number of nitrogens with zero attached hydrogens (tertiary/aromatic N) is 2. The highest BCUT2D eigenvalue weighted by Gasteiger charge is 2.43. The maximum absolute atomic E-state index is 11.1. The Morgan fingerprint density at radius 2 is 1.88 bits per heavy atom. The van der Waals surface area contributed by atoms with Crippen molar-refractivity contribution in [1.82, 2.24) is 0 Å². The summed E-state index contributed by atoms with van der Waals surface area (Å²) >= 11 is 4.09. The first-order chi connectivity index (χ1) is 11.3. The zero-order valence-electron chi connectivity index (χ0n) is 12.1. The fourth-order valence-electron chi connectivity index (χ4n) is 2.34. The second-order valence-corrected chi connectivity index (χ2v) is 5.62. The third-order valence-corrected chi connectivity index (χ3v) is 4.05. The van der Waals surface area contributed by atoms with Crippen molar-refractivity contribution in [2.75, 3.05) is 11.9 Å². The summed E-state index contributed by atoms with van der Waals surface area (Å²) < 4.78 is 5.23. The standard InChI is InChI=1S/C12H15N3O8S/c16-4-8-10(17)11(18)9(12(24)23-8)13-6-2-1-5(14(19)20)3-7(6)15(21)22/h1-3,8-13,16-18,24H,4H2/t8-,9-,10-,11-,12-/m1/s1. The van der Waals surface area contributed by atoms with Gasteiger partial charge in [0.05, 0.1) is 28.6 Å². The molecule has 1 heterocycles. The molecular formula is C12H15N3O8S. The number of hydrogen-bond donors (Lipinski definition) is 5. The summed E-state index contributed by atoms with van der Waals surface area (Å²) in [5.74, 6) is 0. The van der Waals surface area contributed by atoms with E-state index in [2.05, 4.69) is 17.9 Å². The molecule has 132 valence electrons. The van der Waals surface area contributed by atoms with Gasteiger partial charge in [0.2, 0.25) is 0 Å². The summed E-state index contributed by atoms with van der Waals surface area (Å²) in [4.78, 5) is 20.3. The lowest BCUT2D eigenvalue weighted by atomic mass is 9.97. The first-order valence-corrected chi connectivity index (χ1v) is 7.27. The first-order valence-electron chi connectivity index (χ1n) is 6.76. The van der Waals surface area contributed by atoms with E-state index in [4.69, 9.17) is 9.84 Å². The van der Waals surface area contributed by atoms with Gasteiger partial charge >= 0.3 is 0 Å². The third kappa shape index (κ3) is 3.57. The highest BCUT2D eigenvalue weighted by Crippen LogP contribution is 2.32. The van der Waals surface area contributed by atoms with Crippen LogP contribution < -0.4 is 5.32 Å². The smallest absolute Gasteiger partial charge is 0.299 e. The van der Waals surface area contributed by atoms with Gasteiger partial charge < -0.3 is 25.4 Å². The van der Waals surface area contributed by atoms with E-state index in [0.717, 1.165) is 18.2 Å². The van der Waals surface area contributed by atoms with Crippen molar-refractivity contribution in [3.8, 4) is 0 Å². The summed E-state index contributed by atoms with van der Waals surface area (Å²) in [6.07, 6.45) is -3.92. The molecule has 0 saturated carbocycles. The molecule has 24 heavy (non-hydrogen) atoms. The van der Waals surface area contributed by atoms with Gasteiger partial charge in [0.15, 0.2) is 0 Å². The SMILES string of the molecule is O=[N+]([O-])c1ccc(N[C@@H]2[C@@H](O)[C@H](O)[C@@H](CO)O[C@@H]2S)c([N+](=O)[O-])c1. The molecule has 1 aliphatic rings. The first kappa shape index (κ1) is 18.4. The molecule has 1 saturated heterocycles. The van der Waals surface area contributed by atoms with E-state index < -0.39 is 57.6 Å². The van der Waals surface area contributed by atoms with Gasteiger partial charge in [-0.3, -0.25) is 20.2 Å². The second-order valence-electron chi connectivity index (χ2n) is 5.11. The van der Waals surface area contributed by atoms with Crippen LogP contribution in [0, 0.1) is 20.2 Å². The Labute approximate surface area is 140 Å². The summed E-state index contributed by atoms with van der Waals surface area (Å²) in [6, 6.07) is 1.91. The predicted octanol–water partition coefficient (Wildman–Crippen LogP) is -0.348. The average Bonchev–Trinajstić information content (AvgIpc) is 2.54. The van der Waals surface area contributed by atoms with Crippen molar-refractivity contribution in [2.45, 2.75) is 29.8 Å². The lowest BCUT2D eigenvalue weighted by Crippen LogP contribution is -2.59. The fraction of sp³-hybridized carbons (Fsp3) is 0.500. The van der Waals surface area contributed by atoms with Crippen LogP contribution in [0.25, 0.3) is 0 Å². The van der Waals surface area contributed by atoms with Crippen LogP contribution in [0.2, 0.25) is 0 Å². The number of thiol groups is 1. The molecule has 0 unspecified atom stereocenters. The summed E-state index contributed by atoms with van der Waals surface area (Å²) in [6.45, 7) is -0.542. The zero-order chi connectivity index (χ0) is 18.0. The Morgan fingerprint density at radius 3 is 2.42 bits per heavy atom. The van der Waals surface area contributed by atoms with E-state index in [9.17, 15) is 30.4 Å². The zero-order valence-corrected chi connectivity index (χ0v) is 12.9. The van der Waals surface area contributed by atoms with E-state index in [1.54, 1.807) is 0 Å². The number of nitrogens with one attached hydrogen (secondary N) is 1. The van der Waals surface area contributed by atoms with Crippen molar-refractivity contribution < 1.29 is 29.9 Å². The van der Waals surface area contributed by atoms with Crippen LogP contribution in [-0.2, 0) is 4.74 Å². The van der Waals surface area contributed by atoms with Crippen LogP contribution in [0.15, 0.2) is 18.2 Å². The van der Waals surface area contributed by atoms with E-state index in [1.807, 2.05) is 0 Å². The maximum atomic E-state index is 11.1. The molecule has 0 radical (unpaired) electrons. The number of benzene rings is 1. The number of ether oxygens (including phenoxy) is 1. The number of aliphatic hydroxyl groups excluding tert-OH is 3. The Morgan fingerprint density at radius 1 is 1.21 bits per heavy atom. The van der Waals surface area contributed by atoms with Crippen LogP contribution in [0.3, 0.4) is 0 Å². The maximum Gasteiger partial charge on any atom is 0.299 e. The molecule has 0 amide bonds. The Kier molecular flexibility index (Phi) is 5.56. The van der Waals surface area contributed by atoms with Crippen LogP contribution in [-0.4, -0.2) is 61.6 Å². The van der Waals surface area contributed by atoms with Crippen molar-refractivity contribution in [3.63, 3.8) is 0 Å². The summed E-state index contributed by atoms with van der Waals surface area (Å²) in [7, 11) is 0. The van der Waals surface area contributed by atoms with Gasteiger partial charge in [-0.1, -0.05) is 0 Å². The summed E-state index contributed by atoms with van der Waals surface area (Å²) in [5, 5.41) is 53.5. The minimum atomic E-state index is -1.44. The second kappa shape index (κ2) is 7.27. The number of anilines is 1. The summed E-state index contributed by atoms with van der Waals surface area (Å²) in [5.41, 5.74) is -2.13. The molecule has 1 aromatic rings. The Balaban J connectivity index is 2.30. The predicted molar refractivity (Wildman–Crippen MR) is 83.9 cm³/mol. The van der Waals surface area contributed by atoms with Crippen LogP contribution in [0.5, 0.6) is 0 Å². The van der Waals surface area contributed by atoms with E-state index in [-0.39, 0.29) is 5.69 Å². The van der Waals surface area contributed by atoms with Crippen LogP contribution in [0.1, 0.15) is 0 Å². The highest BCUT2D eigenvalue weighted by molar-refractivity contribution is 7.80. The minimum Gasteiger partial charge on any atom is -0.394 e. The molecule has 1 aliphatic heterocycles. The lowest BCUT2D eigenvalue weighted by molar-refractivity contribution is -0.393. The van der Waals surface area contributed by atoms with Crippen molar-refractivity contribution >= 4 is 29.7 Å². The van der Waals surface area contributed by atoms with E-state index >= 15 is 0 Å². The normalized spacial score (nSPS) is 29.9. The van der Waals surface area contributed by atoms with E-state index in [0.29, 0.717) is 0 Å². The largest absolute Gasteiger partial charge is 0.394 e. The van der Waals surface area contributed by atoms with Gasteiger partial charge in [0.1, 0.15) is 29.4 Å². The lowest BCUT2D eigenvalue weighted by Gasteiger charge is -2.41. The molecule has 0 bridgehead atoms. The van der Waals surface area contributed by atoms with Crippen molar-refractivity contribution in [1.29, 1.82) is 0 Å². The molecule has 1 aromatic carbocycles. The molecule has 0 aromatic heterocycles. The molecule has 0 aliphatic carbocycles. The van der Waals surface area contributed by atoms with Gasteiger partial charge in [0, 0.05) is 6.07 Å². The van der Waals surface area contributed by atoms with Crippen LogP contribution in [0.4, 0.5) is 17.1 Å². The number of rotatable bonds is 5. The average molecular weight is 361 g/mol. The molecule has 0 spiro atoms. The third-order valence-electron chi connectivity index (χ3n) is 3.61. The number of nitro groups is 2. The molecule has 5 atom stereocenters. The quantitative estimate of drug-likeness (QED) is 0.267. The number of nitro benzene ring substituents is 2. The van der Waals surface area contributed by atoms with Crippen molar-refractivity contribution in [2.24, 2.45) is 0 Å². The van der Waals surface area contributed by atoms with Gasteiger partial charge in [-0.2, -0.15) is 0 Å². The number of aliphatic hydroxyl groups is 3. The van der Waals surface area contributed by atoms with E-state index in [1.165, 1.54) is 0 Å². The van der Waals surface area contributed by atoms with Gasteiger partial charge in [-0.15, -0.1) is 12.6 Å². The molecule has 1 fully saturated rings. The number of hydrogen-bond acceptors (Lipinski definition) is 10. The monoisotopic (exact) mass is 361 g/mol. The molecule has 4 N–H and O–H groups in total.